The SMILES string of the molecule is COc1ccc(-c2cnc(CNCc3cccc(C(F)(F)F)c3)s2)cc1OC. The van der Waals surface area contributed by atoms with Gasteiger partial charge in [0.25, 0.3) is 0 Å². The number of ether oxygens (including phenoxy) is 2. The van der Waals surface area contributed by atoms with Crippen molar-refractivity contribution in [1.82, 2.24) is 10.3 Å². The highest BCUT2D eigenvalue weighted by atomic mass is 32.1. The average Bonchev–Trinajstić information content (AvgIpc) is 3.16. The molecular formula is C20H19F3N2O2S. The Balaban J connectivity index is 1.63. The Bertz CT molecular complexity index is 941. The lowest BCUT2D eigenvalue weighted by Crippen LogP contribution is -2.13. The van der Waals surface area contributed by atoms with Crippen molar-refractivity contribution in [2.75, 3.05) is 14.2 Å². The molecule has 0 bridgehead atoms. The van der Waals surface area contributed by atoms with Crippen LogP contribution in [0.5, 0.6) is 11.5 Å². The molecule has 8 heteroatoms. The summed E-state index contributed by atoms with van der Waals surface area (Å²) in [6, 6.07) is 10.9. The van der Waals surface area contributed by atoms with E-state index in [0.29, 0.717) is 30.2 Å². The number of rotatable bonds is 7. The van der Waals surface area contributed by atoms with Crippen LogP contribution < -0.4 is 14.8 Å². The molecule has 1 heterocycles. The number of hydrogen-bond acceptors (Lipinski definition) is 5. The highest BCUT2D eigenvalue weighted by Gasteiger charge is 2.30. The molecule has 0 aliphatic carbocycles. The van der Waals surface area contributed by atoms with Crippen LogP contribution in [-0.2, 0) is 19.3 Å². The molecule has 0 radical (unpaired) electrons. The molecule has 1 aromatic heterocycles. The summed E-state index contributed by atoms with van der Waals surface area (Å²) >= 11 is 1.51. The monoisotopic (exact) mass is 408 g/mol. The predicted molar refractivity (Wildman–Crippen MR) is 103 cm³/mol. The smallest absolute Gasteiger partial charge is 0.416 e. The first-order chi connectivity index (χ1) is 13.4. The zero-order valence-corrected chi connectivity index (χ0v) is 16.2. The number of halogens is 3. The number of nitrogens with zero attached hydrogens (tertiary/aromatic N) is 1. The molecule has 3 aromatic rings. The van der Waals surface area contributed by atoms with Crippen molar-refractivity contribution >= 4 is 11.3 Å². The predicted octanol–water partition coefficient (Wildman–Crippen LogP) is 5.14. The van der Waals surface area contributed by atoms with Gasteiger partial charge in [-0.15, -0.1) is 11.3 Å². The van der Waals surface area contributed by atoms with E-state index in [1.165, 1.54) is 17.4 Å². The van der Waals surface area contributed by atoms with Crippen molar-refractivity contribution in [1.29, 1.82) is 0 Å². The Kier molecular flexibility index (Phi) is 6.21. The maximum atomic E-state index is 12.8. The third-order valence-corrected chi connectivity index (χ3v) is 5.13. The number of aromatic nitrogens is 1. The number of benzene rings is 2. The fourth-order valence-electron chi connectivity index (χ4n) is 2.69. The fourth-order valence-corrected chi connectivity index (χ4v) is 3.57. The first kappa shape index (κ1) is 20.2. The summed E-state index contributed by atoms with van der Waals surface area (Å²) in [6.07, 6.45) is -2.56. The van der Waals surface area contributed by atoms with Gasteiger partial charge in [-0.3, -0.25) is 0 Å². The molecule has 0 amide bonds. The van der Waals surface area contributed by atoms with E-state index in [1.54, 1.807) is 26.5 Å². The van der Waals surface area contributed by atoms with Crippen molar-refractivity contribution in [2.24, 2.45) is 0 Å². The number of alkyl halides is 3. The van der Waals surface area contributed by atoms with Gasteiger partial charge in [-0.1, -0.05) is 18.2 Å². The Labute approximate surface area is 165 Å². The van der Waals surface area contributed by atoms with Gasteiger partial charge in [-0.2, -0.15) is 13.2 Å². The maximum Gasteiger partial charge on any atom is 0.416 e. The highest BCUT2D eigenvalue weighted by molar-refractivity contribution is 7.15. The van der Waals surface area contributed by atoms with E-state index in [2.05, 4.69) is 10.3 Å². The summed E-state index contributed by atoms with van der Waals surface area (Å²) in [6.45, 7) is 0.795. The summed E-state index contributed by atoms with van der Waals surface area (Å²) in [4.78, 5) is 5.35. The lowest BCUT2D eigenvalue weighted by Gasteiger charge is -2.09. The van der Waals surface area contributed by atoms with Crippen LogP contribution in [0.4, 0.5) is 13.2 Å². The van der Waals surface area contributed by atoms with Gasteiger partial charge in [0.2, 0.25) is 0 Å². The van der Waals surface area contributed by atoms with Crippen LogP contribution in [0.25, 0.3) is 10.4 Å². The molecule has 0 unspecified atom stereocenters. The van der Waals surface area contributed by atoms with Crippen LogP contribution in [0, 0.1) is 0 Å². The van der Waals surface area contributed by atoms with Crippen LogP contribution >= 0.6 is 11.3 Å². The summed E-state index contributed by atoms with van der Waals surface area (Å²) in [5, 5.41) is 3.98. The van der Waals surface area contributed by atoms with Gasteiger partial charge < -0.3 is 14.8 Å². The Morgan fingerprint density at radius 3 is 2.50 bits per heavy atom. The maximum absolute atomic E-state index is 12.8. The molecule has 0 saturated heterocycles. The number of thiazole rings is 1. The first-order valence-corrected chi connectivity index (χ1v) is 9.26. The number of nitrogens with one attached hydrogen (secondary N) is 1. The van der Waals surface area contributed by atoms with E-state index >= 15 is 0 Å². The lowest BCUT2D eigenvalue weighted by atomic mass is 10.1. The molecule has 0 fully saturated rings. The molecule has 1 N–H and O–H groups in total. The molecular weight excluding hydrogens is 389 g/mol. The molecule has 0 spiro atoms. The average molecular weight is 408 g/mol. The van der Waals surface area contributed by atoms with Crippen LogP contribution in [0.3, 0.4) is 0 Å². The quantitative estimate of drug-likeness (QED) is 0.588. The van der Waals surface area contributed by atoms with Gasteiger partial charge in [0.15, 0.2) is 11.5 Å². The van der Waals surface area contributed by atoms with Crippen LogP contribution in [0.15, 0.2) is 48.7 Å². The molecule has 0 atom stereocenters. The minimum Gasteiger partial charge on any atom is -0.493 e. The topological polar surface area (TPSA) is 43.4 Å². The molecule has 2 aromatic carbocycles. The second kappa shape index (κ2) is 8.62. The Morgan fingerprint density at radius 1 is 1.00 bits per heavy atom. The van der Waals surface area contributed by atoms with E-state index in [9.17, 15) is 13.2 Å². The fraction of sp³-hybridized carbons (Fsp3) is 0.250. The molecule has 28 heavy (non-hydrogen) atoms. The van der Waals surface area contributed by atoms with Gasteiger partial charge in [0.05, 0.1) is 24.7 Å². The van der Waals surface area contributed by atoms with Gasteiger partial charge in [0, 0.05) is 19.3 Å². The number of hydrogen-bond donors (Lipinski definition) is 1. The zero-order chi connectivity index (χ0) is 20.1. The minimum absolute atomic E-state index is 0.329. The minimum atomic E-state index is -4.33. The van der Waals surface area contributed by atoms with Gasteiger partial charge in [0.1, 0.15) is 5.01 Å². The van der Waals surface area contributed by atoms with Crippen LogP contribution in [0.1, 0.15) is 16.1 Å². The Morgan fingerprint density at radius 2 is 1.79 bits per heavy atom. The molecule has 4 nitrogen and oxygen atoms in total. The molecule has 0 aliphatic heterocycles. The van der Waals surface area contributed by atoms with E-state index in [1.807, 2.05) is 18.2 Å². The van der Waals surface area contributed by atoms with E-state index in [-0.39, 0.29) is 0 Å². The second-order valence-corrected chi connectivity index (χ2v) is 7.10. The zero-order valence-electron chi connectivity index (χ0n) is 15.3. The van der Waals surface area contributed by atoms with Gasteiger partial charge >= 0.3 is 6.18 Å². The van der Waals surface area contributed by atoms with E-state index in [0.717, 1.165) is 27.6 Å². The lowest BCUT2D eigenvalue weighted by molar-refractivity contribution is -0.137. The first-order valence-electron chi connectivity index (χ1n) is 8.44. The summed E-state index contributed by atoms with van der Waals surface area (Å²) in [5.41, 5.74) is 0.891. The van der Waals surface area contributed by atoms with Crippen molar-refractivity contribution in [3.05, 3.63) is 64.8 Å². The molecule has 148 valence electrons. The summed E-state index contributed by atoms with van der Waals surface area (Å²) in [5.74, 6) is 1.29. The van der Waals surface area contributed by atoms with Gasteiger partial charge in [-0.05, 0) is 35.4 Å². The summed E-state index contributed by atoms with van der Waals surface area (Å²) < 4.78 is 48.9. The van der Waals surface area contributed by atoms with Crippen molar-refractivity contribution in [3.63, 3.8) is 0 Å². The largest absolute Gasteiger partial charge is 0.493 e. The van der Waals surface area contributed by atoms with Crippen LogP contribution in [-0.4, -0.2) is 19.2 Å². The van der Waals surface area contributed by atoms with Crippen molar-refractivity contribution in [3.8, 4) is 21.9 Å². The second-order valence-electron chi connectivity index (χ2n) is 5.99. The normalized spacial score (nSPS) is 11.5. The van der Waals surface area contributed by atoms with Crippen molar-refractivity contribution in [2.45, 2.75) is 19.3 Å². The number of methoxy groups -OCH3 is 2. The van der Waals surface area contributed by atoms with E-state index in [4.69, 9.17) is 9.47 Å². The summed E-state index contributed by atoms with van der Waals surface area (Å²) in [7, 11) is 3.16. The standard InChI is InChI=1S/C20H19F3N2O2S/c1-26-16-7-6-14(9-17(16)27-2)18-11-25-19(28-18)12-24-10-13-4-3-5-15(8-13)20(21,22)23/h3-9,11,24H,10,12H2,1-2H3. The third kappa shape index (κ3) is 4.82. The highest BCUT2D eigenvalue weighted by Crippen LogP contribution is 2.34. The molecule has 0 saturated carbocycles. The van der Waals surface area contributed by atoms with E-state index < -0.39 is 11.7 Å². The third-order valence-electron chi connectivity index (χ3n) is 4.08. The Hall–Kier alpha value is -2.58. The van der Waals surface area contributed by atoms with Crippen LogP contribution in [0.2, 0.25) is 0 Å². The van der Waals surface area contributed by atoms with Crippen molar-refractivity contribution < 1.29 is 22.6 Å². The molecule has 0 aliphatic rings. The molecule has 3 rings (SSSR count). The van der Waals surface area contributed by atoms with Gasteiger partial charge in [-0.25, -0.2) is 4.98 Å².